The summed E-state index contributed by atoms with van der Waals surface area (Å²) in [7, 11) is 0. The zero-order valence-corrected chi connectivity index (χ0v) is 13.0. The molecule has 0 unspecified atom stereocenters. The maximum absolute atomic E-state index is 12.1. The third-order valence-corrected chi connectivity index (χ3v) is 3.37. The molecule has 0 saturated carbocycles. The van der Waals surface area contributed by atoms with Gasteiger partial charge in [-0.05, 0) is 50.1 Å². The summed E-state index contributed by atoms with van der Waals surface area (Å²) in [6.07, 6.45) is -0.871. The van der Waals surface area contributed by atoms with Crippen molar-refractivity contribution in [2.24, 2.45) is 5.92 Å². The van der Waals surface area contributed by atoms with E-state index in [1.165, 1.54) is 0 Å². The van der Waals surface area contributed by atoms with Gasteiger partial charge in [0.2, 0.25) is 0 Å². The van der Waals surface area contributed by atoms with Crippen molar-refractivity contribution in [1.82, 2.24) is 0 Å². The van der Waals surface area contributed by atoms with Gasteiger partial charge >= 0.3 is 5.97 Å². The molecule has 3 heteroatoms. The lowest BCUT2D eigenvalue weighted by Crippen LogP contribution is -2.30. The molecule has 0 bridgehead atoms. The van der Waals surface area contributed by atoms with Gasteiger partial charge in [-0.3, -0.25) is 4.79 Å². The fourth-order valence-electron chi connectivity index (χ4n) is 2.20. The van der Waals surface area contributed by atoms with Crippen molar-refractivity contribution in [3.63, 3.8) is 0 Å². The number of benzene rings is 2. The molecule has 2 rings (SSSR count). The van der Waals surface area contributed by atoms with Gasteiger partial charge in [0.1, 0.15) is 5.60 Å². The highest BCUT2D eigenvalue weighted by molar-refractivity contribution is 5.83. The van der Waals surface area contributed by atoms with Gasteiger partial charge in [-0.25, -0.2) is 0 Å². The Morgan fingerprint density at radius 3 is 2.33 bits per heavy atom. The van der Waals surface area contributed by atoms with E-state index >= 15 is 0 Å². The monoisotopic (exact) mass is 286 g/mol. The van der Waals surface area contributed by atoms with Crippen molar-refractivity contribution >= 4 is 16.7 Å². The Bertz CT molecular complexity index is 640. The summed E-state index contributed by atoms with van der Waals surface area (Å²) in [5.41, 5.74) is 0.182. The molecule has 0 heterocycles. The third kappa shape index (κ3) is 3.82. The molecular weight excluding hydrogens is 264 g/mol. The van der Waals surface area contributed by atoms with Crippen LogP contribution in [0.25, 0.3) is 10.8 Å². The first-order chi connectivity index (χ1) is 9.78. The third-order valence-electron chi connectivity index (χ3n) is 3.37. The maximum atomic E-state index is 12.1. The van der Waals surface area contributed by atoms with E-state index in [0.717, 1.165) is 16.3 Å². The molecule has 1 N–H and O–H groups in total. The second kappa shape index (κ2) is 5.86. The van der Waals surface area contributed by atoms with Crippen LogP contribution in [0, 0.1) is 5.92 Å². The summed E-state index contributed by atoms with van der Waals surface area (Å²) < 4.78 is 5.33. The lowest BCUT2D eigenvalue weighted by molar-refractivity contribution is -0.163. The molecule has 2 aromatic carbocycles. The number of carbonyl (C=O) groups excluding carboxylic acids is 1. The van der Waals surface area contributed by atoms with E-state index in [2.05, 4.69) is 0 Å². The summed E-state index contributed by atoms with van der Waals surface area (Å²) in [5.74, 6) is -0.992. The molecule has 112 valence electrons. The van der Waals surface area contributed by atoms with Crippen molar-refractivity contribution in [3.05, 3.63) is 48.0 Å². The van der Waals surface area contributed by atoms with Crippen molar-refractivity contribution in [2.45, 2.75) is 39.4 Å². The van der Waals surface area contributed by atoms with Crippen molar-refractivity contribution in [1.29, 1.82) is 0 Å². The SMILES string of the molecule is C[C@H](C(=O)OC(C)(C)C)[C@@H](O)c1ccc2ccccc2c1. The Labute approximate surface area is 125 Å². The molecule has 0 aliphatic heterocycles. The van der Waals surface area contributed by atoms with Crippen LogP contribution in [-0.4, -0.2) is 16.7 Å². The number of aliphatic hydroxyl groups excluding tert-OH is 1. The van der Waals surface area contributed by atoms with Gasteiger partial charge in [-0.1, -0.05) is 36.4 Å². The fourth-order valence-corrected chi connectivity index (χ4v) is 2.20. The Morgan fingerprint density at radius 2 is 1.71 bits per heavy atom. The first kappa shape index (κ1) is 15.5. The first-order valence-electron chi connectivity index (χ1n) is 7.17. The van der Waals surface area contributed by atoms with Crippen LogP contribution in [0.15, 0.2) is 42.5 Å². The molecule has 0 fully saturated rings. The van der Waals surface area contributed by atoms with E-state index < -0.39 is 17.6 Å². The smallest absolute Gasteiger partial charge is 0.312 e. The Kier molecular flexibility index (Phi) is 4.33. The average molecular weight is 286 g/mol. The molecule has 3 nitrogen and oxygen atoms in total. The number of hydrogen-bond acceptors (Lipinski definition) is 3. The number of carbonyl (C=O) groups is 1. The molecule has 0 spiro atoms. The van der Waals surface area contributed by atoms with Crippen molar-refractivity contribution in [3.8, 4) is 0 Å². The summed E-state index contributed by atoms with van der Waals surface area (Å²) in [6.45, 7) is 7.15. The van der Waals surface area contributed by atoms with Gasteiger partial charge in [0.05, 0.1) is 12.0 Å². The van der Waals surface area contributed by atoms with Crippen LogP contribution in [-0.2, 0) is 9.53 Å². The molecule has 0 radical (unpaired) electrons. The minimum Gasteiger partial charge on any atom is -0.460 e. The molecule has 0 aliphatic rings. The summed E-state index contributed by atoms with van der Waals surface area (Å²) in [6, 6.07) is 13.7. The standard InChI is InChI=1S/C18H22O3/c1-12(17(20)21-18(2,3)4)16(19)15-10-9-13-7-5-6-8-14(13)11-15/h5-12,16,19H,1-4H3/t12-,16+/m0/s1. The van der Waals surface area contributed by atoms with Gasteiger partial charge in [0, 0.05) is 0 Å². The highest BCUT2D eigenvalue weighted by Crippen LogP contribution is 2.27. The predicted octanol–water partition coefficient (Wildman–Crippen LogP) is 3.85. The van der Waals surface area contributed by atoms with E-state index in [1.54, 1.807) is 6.92 Å². The fraction of sp³-hybridized carbons (Fsp3) is 0.389. The van der Waals surface area contributed by atoms with Crippen molar-refractivity contribution in [2.75, 3.05) is 0 Å². The topological polar surface area (TPSA) is 46.5 Å². The predicted molar refractivity (Wildman–Crippen MR) is 83.9 cm³/mol. The van der Waals surface area contributed by atoms with Crippen LogP contribution in [0.2, 0.25) is 0 Å². The number of rotatable bonds is 3. The molecule has 0 saturated heterocycles. The molecule has 0 aliphatic carbocycles. The lowest BCUT2D eigenvalue weighted by Gasteiger charge is -2.24. The number of aliphatic hydroxyl groups is 1. The van der Waals surface area contributed by atoms with Crippen molar-refractivity contribution < 1.29 is 14.6 Å². The molecule has 2 atom stereocenters. The summed E-state index contributed by atoms with van der Waals surface area (Å²) >= 11 is 0. The highest BCUT2D eigenvalue weighted by atomic mass is 16.6. The molecule has 2 aromatic rings. The first-order valence-corrected chi connectivity index (χ1v) is 7.17. The minimum absolute atomic E-state index is 0.386. The maximum Gasteiger partial charge on any atom is 0.312 e. The van der Waals surface area contributed by atoms with Gasteiger partial charge in [-0.2, -0.15) is 0 Å². The van der Waals surface area contributed by atoms with E-state index in [0.29, 0.717) is 0 Å². The Morgan fingerprint density at radius 1 is 1.10 bits per heavy atom. The van der Waals surface area contributed by atoms with Crippen LogP contribution in [0.1, 0.15) is 39.4 Å². The van der Waals surface area contributed by atoms with Crippen LogP contribution >= 0.6 is 0 Å². The van der Waals surface area contributed by atoms with Crippen LogP contribution in [0.4, 0.5) is 0 Å². The molecular formula is C18H22O3. The highest BCUT2D eigenvalue weighted by Gasteiger charge is 2.28. The quantitative estimate of drug-likeness (QED) is 0.872. The molecule has 21 heavy (non-hydrogen) atoms. The normalized spacial score (nSPS) is 14.7. The van der Waals surface area contributed by atoms with E-state index in [9.17, 15) is 9.90 Å². The number of hydrogen-bond donors (Lipinski definition) is 1. The number of esters is 1. The van der Waals surface area contributed by atoms with E-state index in [-0.39, 0.29) is 5.97 Å². The van der Waals surface area contributed by atoms with Crippen LogP contribution < -0.4 is 0 Å². The zero-order valence-electron chi connectivity index (χ0n) is 13.0. The van der Waals surface area contributed by atoms with E-state index in [4.69, 9.17) is 4.74 Å². The van der Waals surface area contributed by atoms with Crippen LogP contribution in [0.3, 0.4) is 0 Å². The second-order valence-corrected chi connectivity index (χ2v) is 6.37. The zero-order chi connectivity index (χ0) is 15.6. The van der Waals surface area contributed by atoms with Gasteiger partial charge in [0.25, 0.3) is 0 Å². The number of ether oxygens (including phenoxy) is 1. The minimum atomic E-state index is -0.871. The molecule has 0 aromatic heterocycles. The summed E-state index contributed by atoms with van der Waals surface area (Å²) in [5, 5.41) is 12.6. The second-order valence-electron chi connectivity index (χ2n) is 6.37. The van der Waals surface area contributed by atoms with Gasteiger partial charge in [0.15, 0.2) is 0 Å². The lowest BCUT2D eigenvalue weighted by atomic mass is 9.95. The molecule has 0 amide bonds. The Hall–Kier alpha value is -1.87. The van der Waals surface area contributed by atoms with Crippen LogP contribution in [0.5, 0.6) is 0 Å². The number of fused-ring (bicyclic) bond motifs is 1. The van der Waals surface area contributed by atoms with Gasteiger partial charge in [-0.15, -0.1) is 0 Å². The Balaban J connectivity index is 2.20. The largest absolute Gasteiger partial charge is 0.460 e. The van der Waals surface area contributed by atoms with Gasteiger partial charge < -0.3 is 9.84 Å². The summed E-state index contributed by atoms with van der Waals surface area (Å²) in [4.78, 5) is 12.1. The van der Waals surface area contributed by atoms with E-state index in [1.807, 2.05) is 63.2 Å². The average Bonchev–Trinajstić information content (AvgIpc) is 2.43.